The van der Waals surface area contributed by atoms with Crippen LogP contribution in [0.15, 0.2) is 29.2 Å². The van der Waals surface area contributed by atoms with E-state index in [4.69, 9.17) is 11.6 Å². The number of nitrogens with one attached hydrogen (secondary N) is 1. The third kappa shape index (κ3) is 4.23. The van der Waals surface area contributed by atoms with Gasteiger partial charge in [0.2, 0.25) is 10.0 Å². The molecule has 0 aliphatic heterocycles. The zero-order valence-corrected chi connectivity index (χ0v) is 12.0. The minimum absolute atomic E-state index is 0.219. The van der Waals surface area contributed by atoms with Crippen LogP contribution >= 0.6 is 11.6 Å². The molecule has 0 spiro atoms. The molecule has 18 heavy (non-hydrogen) atoms. The maximum absolute atomic E-state index is 13.4. The first-order valence-corrected chi connectivity index (χ1v) is 7.60. The third-order valence-electron chi connectivity index (χ3n) is 2.64. The molecule has 0 atom stereocenters. The van der Waals surface area contributed by atoms with Crippen molar-refractivity contribution < 1.29 is 12.8 Å². The Balaban J connectivity index is 2.81. The molecular formula is C12H17ClFNO2S. The van der Waals surface area contributed by atoms with E-state index in [0.29, 0.717) is 12.3 Å². The van der Waals surface area contributed by atoms with Gasteiger partial charge < -0.3 is 0 Å². The number of rotatable bonds is 6. The van der Waals surface area contributed by atoms with Crippen molar-refractivity contribution in [2.24, 2.45) is 5.41 Å². The number of halogens is 2. The summed E-state index contributed by atoms with van der Waals surface area (Å²) in [6, 6.07) is 5.30. The smallest absolute Gasteiger partial charge is 0.211 e. The number of sulfonamides is 1. The van der Waals surface area contributed by atoms with Crippen LogP contribution in [0.4, 0.5) is 4.39 Å². The molecule has 102 valence electrons. The van der Waals surface area contributed by atoms with Crippen LogP contribution in [-0.4, -0.2) is 20.8 Å². The second-order valence-electron chi connectivity index (χ2n) is 4.86. The molecule has 0 unspecified atom stereocenters. The van der Waals surface area contributed by atoms with Gasteiger partial charge in [-0.15, -0.1) is 11.6 Å². The van der Waals surface area contributed by atoms with E-state index in [1.807, 2.05) is 13.8 Å². The van der Waals surface area contributed by atoms with Gasteiger partial charge in [-0.2, -0.15) is 0 Å². The van der Waals surface area contributed by atoms with Crippen molar-refractivity contribution in [3.05, 3.63) is 30.1 Å². The van der Waals surface area contributed by atoms with E-state index in [9.17, 15) is 12.8 Å². The molecule has 0 aliphatic rings. The van der Waals surface area contributed by atoms with Crippen LogP contribution in [0.1, 0.15) is 20.3 Å². The molecule has 0 aromatic heterocycles. The zero-order chi connectivity index (χ0) is 13.8. The van der Waals surface area contributed by atoms with Crippen molar-refractivity contribution in [2.45, 2.75) is 25.2 Å². The molecular weight excluding hydrogens is 277 g/mol. The lowest BCUT2D eigenvalue weighted by Gasteiger charge is -2.23. The molecule has 1 aromatic rings. The largest absolute Gasteiger partial charge is 0.243 e. The summed E-state index contributed by atoms with van der Waals surface area (Å²) in [4.78, 5) is -0.327. The summed E-state index contributed by atoms with van der Waals surface area (Å²) in [5, 5.41) is 0. The van der Waals surface area contributed by atoms with E-state index in [1.165, 1.54) is 18.2 Å². The fourth-order valence-corrected chi connectivity index (χ4v) is 3.21. The van der Waals surface area contributed by atoms with E-state index in [2.05, 4.69) is 4.72 Å². The molecule has 0 heterocycles. The van der Waals surface area contributed by atoms with Crippen LogP contribution in [0.25, 0.3) is 0 Å². The van der Waals surface area contributed by atoms with Crippen LogP contribution < -0.4 is 4.72 Å². The predicted octanol–water partition coefficient (Wildman–Crippen LogP) is 2.76. The van der Waals surface area contributed by atoms with E-state index in [0.717, 1.165) is 6.07 Å². The molecule has 0 aliphatic carbocycles. The van der Waals surface area contributed by atoms with Gasteiger partial charge in [0.05, 0.1) is 0 Å². The first kappa shape index (κ1) is 15.4. The Morgan fingerprint density at radius 1 is 1.33 bits per heavy atom. The number of benzene rings is 1. The molecule has 0 fully saturated rings. The topological polar surface area (TPSA) is 46.2 Å². The van der Waals surface area contributed by atoms with Gasteiger partial charge in [0.25, 0.3) is 0 Å². The molecule has 0 saturated carbocycles. The fourth-order valence-electron chi connectivity index (χ4n) is 1.37. The Labute approximate surface area is 112 Å². The highest BCUT2D eigenvalue weighted by molar-refractivity contribution is 7.89. The average molecular weight is 294 g/mol. The Bertz CT molecular complexity index is 503. The van der Waals surface area contributed by atoms with Crippen molar-refractivity contribution in [1.82, 2.24) is 4.72 Å². The Hall–Kier alpha value is -0.650. The Kier molecular flexibility index (Phi) is 5.13. The second kappa shape index (κ2) is 5.99. The van der Waals surface area contributed by atoms with Gasteiger partial charge in [-0.3, -0.25) is 0 Å². The van der Waals surface area contributed by atoms with Crippen LogP contribution in [0.2, 0.25) is 0 Å². The molecule has 0 bridgehead atoms. The van der Waals surface area contributed by atoms with Gasteiger partial charge in [-0.05, 0) is 24.0 Å². The lowest BCUT2D eigenvalue weighted by atomic mass is 9.91. The van der Waals surface area contributed by atoms with Crippen LogP contribution in [0.5, 0.6) is 0 Å². The summed E-state index contributed by atoms with van der Waals surface area (Å²) in [6.45, 7) is 4.02. The summed E-state index contributed by atoms with van der Waals surface area (Å²) in [5.74, 6) is -0.297. The van der Waals surface area contributed by atoms with Crippen molar-refractivity contribution >= 4 is 21.6 Å². The molecule has 0 amide bonds. The monoisotopic (exact) mass is 293 g/mol. The number of alkyl halides is 1. The van der Waals surface area contributed by atoms with Crippen molar-refractivity contribution in [1.29, 1.82) is 0 Å². The van der Waals surface area contributed by atoms with Crippen LogP contribution in [0, 0.1) is 11.2 Å². The van der Waals surface area contributed by atoms with Gasteiger partial charge in [-0.25, -0.2) is 17.5 Å². The number of hydrogen-bond acceptors (Lipinski definition) is 2. The molecule has 0 saturated heterocycles. The zero-order valence-electron chi connectivity index (χ0n) is 10.4. The van der Waals surface area contributed by atoms with Crippen LogP contribution in [0.3, 0.4) is 0 Å². The highest BCUT2D eigenvalue weighted by Gasteiger charge is 2.23. The SMILES string of the molecule is CC(C)(CCCl)CNS(=O)(=O)c1ccccc1F. The normalized spacial score (nSPS) is 12.7. The van der Waals surface area contributed by atoms with E-state index < -0.39 is 15.8 Å². The first-order valence-electron chi connectivity index (χ1n) is 5.59. The number of hydrogen-bond donors (Lipinski definition) is 1. The van der Waals surface area contributed by atoms with Crippen LogP contribution in [-0.2, 0) is 10.0 Å². The lowest BCUT2D eigenvalue weighted by molar-refractivity contribution is 0.352. The summed E-state index contributed by atoms with van der Waals surface area (Å²) < 4.78 is 39.7. The van der Waals surface area contributed by atoms with Crippen molar-refractivity contribution in [2.75, 3.05) is 12.4 Å². The van der Waals surface area contributed by atoms with Gasteiger partial charge in [-0.1, -0.05) is 26.0 Å². The lowest BCUT2D eigenvalue weighted by Crippen LogP contribution is -2.34. The van der Waals surface area contributed by atoms with E-state index >= 15 is 0 Å². The standard InChI is InChI=1S/C12H17ClFNO2S/c1-12(2,7-8-13)9-15-18(16,17)11-6-4-3-5-10(11)14/h3-6,15H,7-9H2,1-2H3. The maximum Gasteiger partial charge on any atom is 0.243 e. The minimum atomic E-state index is -3.81. The molecule has 3 nitrogen and oxygen atoms in total. The van der Waals surface area contributed by atoms with Crippen molar-refractivity contribution in [3.8, 4) is 0 Å². The Morgan fingerprint density at radius 2 is 1.94 bits per heavy atom. The highest BCUT2D eigenvalue weighted by atomic mass is 35.5. The Morgan fingerprint density at radius 3 is 2.50 bits per heavy atom. The third-order valence-corrected chi connectivity index (χ3v) is 4.26. The van der Waals surface area contributed by atoms with E-state index in [1.54, 1.807) is 0 Å². The summed E-state index contributed by atoms with van der Waals surface area (Å²) >= 11 is 5.64. The highest BCUT2D eigenvalue weighted by Crippen LogP contribution is 2.21. The molecule has 1 aromatic carbocycles. The molecule has 1 rings (SSSR count). The van der Waals surface area contributed by atoms with Gasteiger partial charge in [0.15, 0.2) is 0 Å². The van der Waals surface area contributed by atoms with Crippen molar-refractivity contribution in [3.63, 3.8) is 0 Å². The minimum Gasteiger partial charge on any atom is -0.211 e. The maximum atomic E-state index is 13.4. The van der Waals surface area contributed by atoms with E-state index in [-0.39, 0.29) is 16.9 Å². The predicted molar refractivity (Wildman–Crippen MR) is 70.7 cm³/mol. The van der Waals surface area contributed by atoms with Gasteiger partial charge in [0.1, 0.15) is 10.7 Å². The second-order valence-corrected chi connectivity index (χ2v) is 6.97. The average Bonchev–Trinajstić information content (AvgIpc) is 2.27. The fraction of sp³-hybridized carbons (Fsp3) is 0.500. The first-order chi connectivity index (χ1) is 8.28. The quantitative estimate of drug-likeness (QED) is 0.820. The molecule has 0 radical (unpaired) electrons. The van der Waals surface area contributed by atoms with Gasteiger partial charge >= 0.3 is 0 Å². The van der Waals surface area contributed by atoms with Gasteiger partial charge in [0, 0.05) is 12.4 Å². The summed E-state index contributed by atoms with van der Waals surface area (Å²) in [7, 11) is -3.81. The molecule has 6 heteroatoms. The molecule has 1 N–H and O–H groups in total. The summed E-state index contributed by atoms with van der Waals surface area (Å²) in [5.41, 5.74) is -0.264. The summed E-state index contributed by atoms with van der Waals surface area (Å²) in [6.07, 6.45) is 0.675.